The molecule has 2 heterocycles. The third-order valence-corrected chi connectivity index (χ3v) is 5.42. The first-order valence-corrected chi connectivity index (χ1v) is 10.8. The molecule has 0 unspecified atom stereocenters. The number of hydrazine groups is 2. The number of fused-ring (bicyclic) bond motifs is 1. The van der Waals surface area contributed by atoms with Gasteiger partial charge in [0.1, 0.15) is 18.1 Å². The number of ether oxygens (including phenoxy) is 1. The molecule has 0 radical (unpaired) electrons. The van der Waals surface area contributed by atoms with Crippen LogP contribution in [0.3, 0.4) is 0 Å². The average molecular weight is 490 g/mol. The van der Waals surface area contributed by atoms with E-state index in [1.54, 1.807) is 24.3 Å². The number of methoxy groups -OCH3 is 1. The summed E-state index contributed by atoms with van der Waals surface area (Å²) in [6.45, 7) is 0.0466. The molecule has 188 valence electrons. The van der Waals surface area contributed by atoms with Crippen molar-refractivity contribution in [2.75, 3.05) is 25.5 Å². The van der Waals surface area contributed by atoms with Crippen LogP contribution in [0.25, 0.3) is 0 Å². The summed E-state index contributed by atoms with van der Waals surface area (Å²) in [4.78, 5) is 73.5. The number of hydrogen-bond acceptors (Lipinski definition) is 7. The summed E-state index contributed by atoms with van der Waals surface area (Å²) in [7, 11) is 1.47. The van der Waals surface area contributed by atoms with Crippen LogP contribution in [0, 0.1) is 0 Å². The molecule has 6 amide bonds. The van der Waals surface area contributed by atoms with Gasteiger partial charge in [0.25, 0.3) is 0 Å². The minimum atomic E-state index is -1.30. The molecule has 3 rings (SSSR count). The van der Waals surface area contributed by atoms with Gasteiger partial charge in [0.05, 0.1) is 26.1 Å². The highest BCUT2D eigenvalue weighted by Gasteiger charge is 2.44. The molecule has 2 atom stereocenters. The van der Waals surface area contributed by atoms with Crippen molar-refractivity contribution in [2.24, 2.45) is 0 Å². The van der Waals surface area contributed by atoms with Gasteiger partial charge >= 0.3 is 18.0 Å². The number of amides is 6. The molecular formula is C21H26N6O8. The fourth-order valence-corrected chi connectivity index (χ4v) is 3.80. The molecule has 0 spiro atoms. The number of carbonyl (C=O) groups excluding carboxylic acids is 5. The Morgan fingerprint density at radius 1 is 1.26 bits per heavy atom. The Labute approximate surface area is 200 Å². The second-order valence-corrected chi connectivity index (χ2v) is 7.85. The smallest absolute Gasteiger partial charge is 0.358 e. The molecular weight excluding hydrogens is 464 g/mol. The average Bonchev–Trinajstić information content (AvgIpc) is 2.95. The number of nitrogens with zero attached hydrogens (tertiary/aromatic N) is 3. The molecule has 0 bridgehead atoms. The van der Waals surface area contributed by atoms with Gasteiger partial charge in [-0.3, -0.25) is 14.4 Å². The predicted octanol–water partition coefficient (Wildman–Crippen LogP) is -0.0762. The van der Waals surface area contributed by atoms with E-state index >= 15 is 0 Å². The van der Waals surface area contributed by atoms with Crippen molar-refractivity contribution < 1.29 is 38.6 Å². The Bertz CT molecular complexity index is 1020. The zero-order valence-corrected chi connectivity index (χ0v) is 18.9. The Hall–Kier alpha value is -4.36. The number of carbonyl (C=O) groups is 6. The van der Waals surface area contributed by atoms with Crippen LogP contribution in [0.5, 0.6) is 5.75 Å². The van der Waals surface area contributed by atoms with Crippen LogP contribution in [-0.2, 0) is 19.2 Å². The van der Waals surface area contributed by atoms with Crippen molar-refractivity contribution in [1.29, 1.82) is 0 Å². The van der Waals surface area contributed by atoms with E-state index in [-0.39, 0.29) is 25.9 Å². The molecule has 2 saturated heterocycles. The van der Waals surface area contributed by atoms with Gasteiger partial charge in [0, 0.05) is 24.7 Å². The van der Waals surface area contributed by atoms with Crippen LogP contribution in [0.15, 0.2) is 24.3 Å². The molecule has 2 fully saturated rings. The first-order chi connectivity index (χ1) is 16.7. The first kappa shape index (κ1) is 25.3. The highest BCUT2D eigenvalue weighted by atomic mass is 16.5. The largest absolute Gasteiger partial charge is 0.497 e. The van der Waals surface area contributed by atoms with Crippen LogP contribution < -0.4 is 20.8 Å². The summed E-state index contributed by atoms with van der Waals surface area (Å²) in [5.41, 5.74) is 2.79. The SMILES string of the molecule is COc1cccc(NC(=O)NN2CCC(=O)N3CCC[C@@H](C(=O)N[C@H](C=O)CC(=O)O)N3C2=O)c1. The van der Waals surface area contributed by atoms with Crippen molar-refractivity contribution in [3.63, 3.8) is 0 Å². The third kappa shape index (κ3) is 6.16. The molecule has 0 aromatic heterocycles. The van der Waals surface area contributed by atoms with Crippen molar-refractivity contribution in [3.8, 4) is 5.75 Å². The van der Waals surface area contributed by atoms with E-state index in [0.29, 0.717) is 24.1 Å². The predicted molar refractivity (Wildman–Crippen MR) is 119 cm³/mol. The molecule has 35 heavy (non-hydrogen) atoms. The fourth-order valence-electron chi connectivity index (χ4n) is 3.80. The van der Waals surface area contributed by atoms with Gasteiger partial charge < -0.3 is 25.3 Å². The van der Waals surface area contributed by atoms with E-state index in [9.17, 15) is 28.8 Å². The summed E-state index contributed by atoms with van der Waals surface area (Å²) < 4.78 is 5.10. The van der Waals surface area contributed by atoms with Gasteiger partial charge in [-0.05, 0) is 25.0 Å². The van der Waals surface area contributed by atoms with E-state index in [1.165, 1.54) is 7.11 Å². The number of carboxylic acids is 1. The molecule has 1 aromatic rings. The van der Waals surface area contributed by atoms with Gasteiger partial charge in [0.2, 0.25) is 11.8 Å². The molecule has 0 aliphatic carbocycles. The van der Waals surface area contributed by atoms with Gasteiger partial charge in [-0.2, -0.15) is 0 Å². The summed E-state index contributed by atoms with van der Waals surface area (Å²) >= 11 is 0. The summed E-state index contributed by atoms with van der Waals surface area (Å²) in [6, 6.07) is 2.48. The maximum Gasteiger partial charge on any atom is 0.358 e. The molecule has 4 N–H and O–H groups in total. The topological polar surface area (TPSA) is 178 Å². The maximum absolute atomic E-state index is 13.3. The number of carboxylic acid groups (broad SMARTS) is 1. The quantitative estimate of drug-likeness (QED) is 0.366. The van der Waals surface area contributed by atoms with Crippen LogP contribution in [0.1, 0.15) is 25.7 Å². The maximum atomic E-state index is 13.3. The summed E-state index contributed by atoms with van der Waals surface area (Å²) in [5, 5.41) is 16.8. The highest BCUT2D eigenvalue weighted by Crippen LogP contribution is 2.24. The molecule has 0 saturated carbocycles. The number of benzene rings is 1. The third-order valence-electron chi connectivity index (χ3n) is 5.42. The van der Waals surface area contributed by atoms with Crippen molar-refractivity contribution in [2.45, 2.75) is 37.8 Å². The lowest BCUT2D eigenvalue weighted by molar-refractivity contribution is -0.155. The van der Waals surface area contributed by atoms with Gasteiger partial charge in [-0.1, -0.05) is 6.07 Å². The highest BCUT2D eigenvalue weighted by molar-refractivity contribution is 5.94. The lowest BCUT2D eigenvalue weighted by Gasteiger charge is -2.42. The molecule has 14 heteroatoms. The van der Waals surface area contributed by atoms with E-state index < -0.39 is 48.4 Å². The molecule has 14 nitrogen and oxygen atoms in total. The number of aldehydes is 1. The normalized spacial score (nSPS) is 18.7. The van der Waals surface area contributed by atoms with E-state index in [4.69, 9.17) is 9.84 Å². The number of nitrogens with one attached hydrogen (secondary N) is 3. The fraction of sp³-hybridized carbons (Fsp3) is 0.429. The molecule has 1 aromatic carbocycles. The van der Waals surface area contributed by atoms with E-state index in [1.807, 2.05) is 0 Å². The second-order valence-electron chi connectivity index (χ2n) is 7.85. The van der Waals surface area contributed by atoms with Gasteiger partial charge in [-0.25, -0.2) is 30.0 Å². The van der Waals surface area contributed by atoms with Crippen LogP contribution in [0.4, 0.5) is 15.3 Å². The zero-order chi connectivity index (χ0) is 25.5. The first-order valence-electron chi connectivity index (χ1n) is 10.8. The lowest BCUT2D eigenvalue weighted by Crippen LogP contribution is -2.65. The Balaban J connectivity index is 1.75. The number of rotatable bonds is 8. The standard InChI is InChI=1S/C21H26N6O8/c1-35-15-5-2-4-13(10-15)23-20(33)24-25-9-7-17(29)26-8-3-6-16(27(26)21(25)34)19(32)22-14(12-28)11-18(30)31/h2,4-5,10,12,14,16H,3,6-9,11H2,1H3,(H,22,32)(H,30,31)(H2,23,24,33)/t14-,16-/m0/s1. The second kappa shape index (κ2) is 11.2. The zero-order valence-electron chi connectivity index (χ0n) is 18.9. The summed E-state index contributed by atoms with van der Waals surface area (Å²) in [6.07, 6.45) is 0.132. The summed E-state index contributed by atoms with van der Waals surface area (Å²) in [5.74, 6) is -1.98. The Morgan fingerprint density at radius 2 is 2.03 bits per heavy atom. The number of aliphatic carboxylic acids is 1. The van der Waals surface area contributed by atoms with Crippen molar-refractivity contribution in [3.05, 3.63) is 24.3 Å². The van der Waals surface area contributed by atoms with Crippen LogP contribution >= 0.6 is 0 Å². The van der Waals surface area contributed by atoms with E-state index in [0.717, 1.165) is 15.0 Å². The number of hydrogen-bond donors (Lipinski definition) is 4. The van der Waals surface area contributed by atoms with Crippen molar-refractivity contribution >= 4 is 41.8 Å². The minimum Gasteiger partial charge on any atom is -0.497 e. The Morgan fingerprint density at radius 3 is 2.71 bits per heavy atom. The number of urea groups is 2. The monoisotopic (exact) mass is 490 g/mol. The van der Waals surface area contributed by atoms with Gasteiger partial charge in [0.15, 0.2) is 0 Å². The van der Waals surface area contributed by atoms with Crippen LogP contribution in [-0.4, -0.2) is 88.5 Å². The Kier molecular flexibility index (Phi) is 8.07. The molecule has 2 aliphatic heterocycles. The lowest BCUT2D eigenvalue weighted by atomic mass is 10.1. The van der Waals surface area contributed by atoms with Crippen molar-refractivity contribution in [1.82, 2.24) is 25.8 Å². The van der Waals surface area contributed by atoms with Crippen LogP contribution in [0.2, 0.25) is 0 Å². The number of anilines is 1. The van der Waals surface area contributed by atoms with E-state index in [2.05, 4.69) is 16.1 Å². The molecule has 2 aliphatic rings. The minimum absolute atomic E-state index is 0.105. The van der Waals surface area contributed by atoms with Gasteiger partial charge in [-0.15, -0.1) is 0 Å².